The summed E-state index contributed by atoms with van der Waals surface area (Å²) in [5.74, 6) is 0.713. The molecule has 0 saturated heterocycles. The summed E-state index contributed by atoms with van der Waals surface area (Å²) in [5, 5.41) is 1.16. The van der Waals surface area contributed by atoms with Gasteiger partial charge in [-0.2, -0.15) is 0 Å². The molecule has 0 aliphatic heterocycles. The molecule has 0 N–H and O–H groups in total. The molecule has 2 heteroatoms. The topological polar surface area (TPSA) is 22.1 Å². The Morgan fingerprint density at radius 2 is 1.80 bits per heavy atom. The second-order valence-electron chi connectivity index (χ2n) is 5.02. The van der Waals surface area contributed by atoms with Gasteiger partial charge in [-0.1, -0.05) is 42.0 Å². The summed E-state index contributed by atoms with van der Waals surface area (Å²) in [6.07, 6.45) is 0.834. The van der Waals surface area contributed by atoms with Crippen LogP contribution in [-0.2, 0) is 6.42 Å². The zero-order valence-electron chi connectivity index (χ0n) is 11.8. The molecule has 0 aliphatic carbocycles. The van der Waals surface area contributed by atoms with Gasteiger partial charge < -0.3 is 4.74 Å². The number of ether oxygens (including phenoxy) is 1. The monoisotopic (exact) mass is 263 g/mol. The standard InChI is InChI=1S/C18H17NO/c1-13-8-9-17-15(10-13)12-16(18(19-17)20-2)11-14-6-4-3-5-7-14/h3-10,12H,11H2,1-2H3. The van der Waals surface area contributed by atoms with Crippen molar-refractivity contribution in [1.82, 2.24) is 4.98 Å². The summed E-state index contributed by atoms with van der Waals surface area (Å²) in [7, 11) is 1.68. The average Bonchev–Trinajstić information content (AvgIpc) is 2.47. The molecule has 0 saturated carbocycles. The molecule has 1 heterocycles. The summed E-state index contributed by atoms with van der Waals surface area (Å²) in [6, 6.07) is 18.9. The van der Waals surface area contributed by atoms with Gasteiger partial charge in [-0.15, -0.1) is 0 Å². The number of benzene rings is 2. The van der Waals surface area contributed by atoms with Crippen LogP contribution in [0.1, 0.15) is 16.7 Å². The number of aryl methyl sites for hydroxylation is 1. The lowest BCUT2D eigenvalue weighted by molar-refractivity contribution is 0.395. The molecular formula is C18H17NO. The predicted octanol–water partition coefficient (Wildman–Crippen LogP) is 4.14. The van der Waals surface area contributed by atoms with Crippen molar-refractivity contribution >= 4 is 10.9 Å². The van der Waals surface area contributed by atoms with E-state index >= 15 is 0 Å². The number of methoxy groups -OCH3 is 1. The lowest BCUT2D eigenvalue weighted by Gasteiger charge is -2.10. The Labute approximate surface area is 119 Å². The van der Waals surface area contributed by atoms with Crippen LogP contribution in [0.4, 0.5) is 0 Å². The van der Waals surface area contributed by atoms with Crippen molar-refractivity contribution in [3.8, 4) is 5.88 Å². The van der Waals surface area contributed by atoms with Crippen molar-refractivity contribution in [2.75, 3.05) is 7.11 Å². The second kappa shape index (κ2) is 5.33. The Balaban J connectivity index is 2.08. The number of nitrogens with zero attached hydrogens (tertiary/aromatic N) is 1. The SMILES string of the molecule is COc1nc2ccc(C)cc2cc1Cc1ccccc1. The fourth-order valence-electron chi connectivity index (χ4n) is 2.44. The van der Waals surface area contributed by atoms with Crippen molar-refractivity contribution in [2.45, 2.75) is 13.3 Å². The fraction of sp³-hybridized carbons (Fsp3) is 0.167. The maximum Gasteiger partial charge on any atom is 0.217 e. The zero-order valence-corrected chi connectivity index (χ0v) is 11.8. The third kappa shape index (κ3) is 2.50. The number of rotatable bonds is 3. The van der Waals surface area contributed by atoms with Gasteiger partial charge in [0.15, 0.2) is 0 Å². The molecule has 2 nitrogen and oxygen atoms in total. The Morgan fingerprint density at radius 3 is 2.55 bits per heavy atom. The molecule has 0 aliphatic rings. The van der Waals surface area contributed by atoms with E-state index in [-0.39, 0.29) is 0 Å². The van der Waals surface area contributed by atoms with Crippen LogP contribution in [0.5, 0.6) is 5.88 Å². The number of pyridine rings is 1. The predicted molar refractivity (Wildman–Crippen MR) is 82.3 cm³/mol. The van der Waals surface area contributed by atoms with E-state index in [0.29, 0.717) is 5.88 Å². The molecule has 1 aromatic heterocycles. The molecule has 2 aromatic carbocycles. The van der Waals surface area contributed by atoms with Crippen LogP contribution in [-0.4, -0.2) is 12.1 Å². The minimum atomic E-state index is 0.713. The first-order chi connectivity index (χ1) is 9.76. The van der Waals surface area contributed by atoms with Crippen molar-refractivity contribution in [1.29, 1.82) is 0 Å². The van der Waals surface area contributed by atoms with Crippen LogP contribution < -0.4 is 4.74 Å². The first-order valence-corrected chi connectivity index (χ1v) is 6.74. The number of hydrogen-bond donors (Lipinski definition) is 0. The first kappa shape index (κ1) is 12.7. The van der Waals surface area contributed by atoms with E-state index in [4.69, 9.17) is 4.74 Å². The van der Waals surface area contributed by atoms with E-state index in [9.17, 15) is 0 Å². The molecule has 0 amide bonds. The Kier molecular flexibility index (Phi) is 3.38. The van der Waals surface area contributed by atoms with E-state index < -0.39 is 0 Å². The number of hydrogen-bond acceptors (Lipinski definition) is 2. The van der Waals surface area contributed by atoms with Gasteiger partial charge >= 0.3 is 0 Å². The Bertz CT molecular complexity index is 735. The first-order valence-electron chi connectivity index (χ1n) is 6.74. The van der Waals surface area contributed by atoms with Gasteiger partial charge in [0, 0.05) is 17.4 Å². The maximum atomic E-state index is 5.44. The third-order valence-electron chi connectivity index (χ3n) is 3.44. The minimum Gasteiger partial charge on any atom is -0.481 e. The van der Waals surface area contributed by atoms with Gasteiger partial charge in [-0.05, 0) is 30.7 Å². The Hall–Kier alpha value is -2.35. The molecule has 0 bridgehead atoms. The molecule has 3 aromatic rings. The molecule has 0 atom stereocenters. The van der Waals surface area contributed by atoms with Crippen LogP contribution in [0.3, 0.4) is 0 Å². The van der Waals surface area contributed by atoms with Crippen LogP contribution in [0.15, 0.2) is 54.6 Å². The van der Waals surface area contributed by atoms with Gasteiger partial charge in [-0.3, -0.25) is 0 Å². The highest BCUT2D eigenvalue weighted by Crippen LogP contribution is 2.25. The molecule has 0 radical (unpaired) electrons. The summed E-state index contributed by atoms with van der Waals surface area (Å²) in [4.78, 5) is 4.61. The van der Waals surface area contributed by atoms with Gasteiger partial charge in [0.1, 0.15) is 0 Å². The van der Waals surface area contributed by atoms with Crippen molar-refractivity contribution in [2.24, 2.45) is 0 Å². The quantitative estimate of drug-likeness (QED) is 0.708. The minimum absolute atomic E-state index is 0.713. The average molecular weight is 263 g/mol. The summed E-state index contributed by atoms with van der Waals surface area (Å²) >= 11 is 0. The largest absolute Gasteiger partial charge is 0.481 e. The number of aromatic nitrogens is 1. The highest BCUT2D eigenvalue weighted by atomic mass is 16.5. The van der Waals surface area contributed by atoms with E-state index in [2.05, 4.69) is 54.4 Å². The molecule has 20 heavy (non-hydrogen) atoms. The van der Waals surface area contributed by atoms with Gasteiger partial charge in [0.2, 0.25) is 5.88 Å². The summed E-state index contributed by atoms with van der Waals surface area (Å²) in [5.41, 5.74) is 4.61. The van der Waals surface area contributed by atoms with Gasteiger partial charge in [0.05, 0.1) is 12.6 Å². The fourth-order valence-corrected chi connectivity index (χ4v) is 2.44. The second-order valence-corrected chi connectivity index (χ2v) is 5.02. The molecule has 0 fully saturated rings. The van der Waals surface area contributed by atoms with E-state index in [0.717, 1.165) is 22.9 Å². The lowest BCUT2D eigenvalue weighted by Crippen LogP contribution is -1.97. The Morgan fingerprint density at radius 1 is 1.00 bits per heavy atom. The van der Waals surface area contributed by atoms with E-state index in [1.807, 2.05) is 12.1 Å². The van der Waals surface area contributed by atoms with Gasteiger partial charge in [0.25, 0.3) is 0 Å². The van der Waals surface area contributed by atoms with Crippen LogP contribution in [0, 0.1) is 6.92 Å². The molecule has 100 valence electrons. The summed E-state index contributed by atoms with van der Waals surface area (Å²) in [6.45, 7) is 2.10. The van der Waals surface area contributed by atoms with Crippen molar-refractivity contribution in [3.05, 3.63) is 71.3 Å². The number of fused-ring (bicyclic) bond motifs is 1. The third-order valence-corrected chi connectivity index (χ3v) is 3.44. The lowest BCUT2D eigenvalue weighted by atomic mass is 10.0. The molecule has 3 rings (SSSR count). The van der Waals surface area contributed by atoms with Crippen molar-refractivity contribution in [3.63, 3.8) is 0 Å². The normalized spacial score (nSPS) is 10.7. The smallest absolute Gasteiger partial charge is 0.217 e. The van der Waals surface area contributed by atoms with Crippen LogP contribution >= 0.6 is 0 Å². The summed E-state index contributed by atoms with van der Waals surface area (Å²) < 4.78 is 5.44. The highest BCUT2D eigenvalue weighted by Gasteiger charge is 2.08. The van der Waals surface area contributed by atoms with Crippen molar-refractivity contribution < 1.29 is 4.74 Å². The zero-order chi connectivity index (χ0) is 13.9. The van der Waals surface area contributed by atoms with Gasteiger partial charge in [-0.25, -0.2) is 4.98 Å². The highest BCUT2D eigenvalue weighted by molar-refractivity contribution is 5.81. The molecular weight excluding hydrogens is 246 g/mol. The molecule has 0 spiro atoms. The van der Waals surface area contributed by atoms with Crippen LogP contribution in [0.25, 0.3) is 10.9 Å². The maximum absolute atomic E-state index is 5.44. The van der Waals surface area contributed by atoms with E-state index in [1.165, 1.54) is 11.1 Å². The van der Waals surface area contributed by atoms with Crippen LogP contribution in [0.2, 0.25) is 0 Å². The van der Waals surface area contributed by atoms with E-state index in [1.54, 1.807) is 7.11 Å². The molecule has 0 unspecified atom stereocenters.